The summed E-state index contributed by atoms with van der Waals surface area (Å²) in [6.45, 7) is 1.59. The lowest BCUT2D eigenvalue weighted by atomic mass is 10.1. The number of aliphatic hydroxyl groups excluding tert-OH is 1. The van der Waals surface area contributed by atoms with Gasteiger partial charge in [0.1, 0.15) is 11.5 Å². The van der Waals surface area contributed by atoms with Crippen LogP contribution in [0.2, 0.25) is 0 Å². The van der Waals surface area contributed by atoms with Gasteiger partial charge in [-0.05, 0) is 56.3 Å². The van der Waals surface area contributed by atoms with E-state index in [9.17, 15) is 5.11 Å². The number of ether oxygens (including phenoxy) is 2. The summed E-state index contributed by atoms with van der Waals surface area (Å²) in [6, 6.07) is 3.72. The second kappa shape index (κ2) is 13.2. The molecule has 1 aromatic rings. The minimum absolute atomic E-state index is 0.0657. The standard InChI is InChI=1S/C21H29NO3/c1-3-5-7-9-13-24-20-15-18(17-23)16-21(19(20)11-12-22)25-14-10-8-6-4-2/h1-2,15-16,23H,5-14,17,22H2. The molecule has 0 bridgehead atoms. The molecule has 1 aromatic carbocycles. The molecule has 0 aliphatic heterocycles. The first-order chi connectivity index (χ1) is 12.3. The Labute approximate surface area is 151 Å². The maximum atomic E-state index is 9.51. The molecule has 0 spiro atoms. The minimum Gasteiger partial charge on any atom is -0.493 e. The van der Waals surface area contributed by atoms with Gasteiger partial charge >= 0.3 is 0 Å². The highest BCUT2D eigenvalue weighted by Gasteiger charge is 2.13. The lowest BCUT2D eigenvalue weighted by molar-refractivity contribution is 0.270. The van der Waals surface area contributed by atoms with Crippen molar-refractivity contribution in [1.29, 1.82) is 0 Å². The summed E-state index contributed by atoms with van der Waals surface area (Å²) in [7, 11) is 0. The quantitative estimate of drug-likeness (QED) is 0.427. The molecule has 0 saturated heterocycles. The van der Waals surface area contributed by atoms with Gasteiger partial charge in [-0.2, -0.15) is 0 Å². The van der Waals surface area contributed by atoms with Crippen LogP contribution in [0, 0.1) is 24.7 Å². The third-order valence-electron chi connectivity index (χ3n) is 3.75. The predicted octanol–water partition coefficient (Wildman–Crippen LogP) is 3.04. The monoisotopic (exact) mass is 343 g/mol. The summed E-state index contributed by atoms with van der Waals surface area (Å²) < 4.78 is 11.8. The average molecular weight is 343 g/mol. The Hall–Kier alpha value is -2.14. The van der Waals surface area contributed by atoms with E-state index in [0.717, 1.165) is 61.2 Å². The minimum atomic E-state index is -0.0657. The summed E-state index contributed by atoms with van der Waals surface area (Å²) in [6.07, 6.45) is 16.3. The van der Waals surface area contributed by atoms with Crippen molar-refractivity contribution in [3.63, 3.8) is 0 Å². The second-order valence-corrected chi connectivity index (χ2v) is 5.79. The van der Waals surface area contributed by atoms with Crippen molar-refractivity contribution in [2.45, 2.75) is 51.6 Å². The Kier molecular flexibility index (Phi) is 11.0. The van der Waals surface area contributed by atoms with E-state index in [1.54, 1.807) is 0 Å². The Morgan fingerprint density at radius 1 is 0.920 bits per heavy atom. The van der Waals surface area contributed by atoms with E-state index in [2.05, 4.69) is 11.8 Å². The van der Waals surface area contributed by atoms with E-state index in [4.69, 9.17) is 28.1 Å². The normalized spacial score (nSPS) is 10.1. The summed E-state index contributed by atoms with van der Waals surface area (Å²) in [5.41, 5.74) is 7.47. The van der Waals surface area contributed by atoms with Crippen molar-refractivity contribution >= 4 is 0 Å². The van der Waals surface area contributed by atoms with E-state index in [1.165, 1.54) is 0 Å². The number of benzene rings is 1. The number of unbranched alkanes of at least 4 members (excludes halogenated alkanes) is 4. The molecule has 0 aliphatic rings. The third kappa shape index (κ3) is 7.98. The van der Waals surface area contributed by atoms with Crippen molar-refractivity contribution in [2.24, 2.45) is 5.73 Å². The zero-order valence-corrected chi connectivity index (χ0v) is 14.9. The van der Waals surface area contributed by atoms with Gasteiger partial charge in [0, 0.05) is 18.4 Å². The Balaban J connectivity index is 2.80. The predicted molar refractivity (Wildman–Crippen MR) is 101 cm³/mol. The Morgan fingerprint density at radius 2 is 1.44 bits per heavy atom. The number of terminal acetylenes is 2. The fourth-order valence-electron chi connectivity index (χ4n) is 2.44. The second-order valence-electron chi connectivity index (χ2n) is 5.79. The Bertz CT molecular complexity index is 539. The average Bonchev–Trinajstić information content (AvgIpc) is 2.63. The van der Waals surface area contributed by atoms with Gasteiger partial charge in [-0.15, -0.1) is 24.7 Å². The van der Waals surface area contributed by atoms with Crippen molar-refractivity contribution in [3.8, 4) is 36.2 Å². The zero-order valence-electron chi connectivity index (χ0n) is 14.9. The van der Waals surface area contributed by atoms with Crippen LogP contribution in [-0.4, -0.2) is 24.9 Å². The van der Waals surface area contributed by atoms with Crippen LogP contribution >= 0.6 is 0 Å². The van der Waals surface area contributed by atoms with E-state index in [0.29, 0.717) is 26.2 Å². The molecule has 0 fully saturated rings. The number of nitrogens with two attached hydrogens (primary N) is 1. The van der Waals surface area contributed by atoms with E-state index >= 15 is 0 Å². The summed E-state index contributed by atoms with van der Waals surface area (Å²) in [5, 5.41) is 9.51. The number of hydrogen-bond donors (Lipinski definition) is 2. The zero-order chi connectivity index (χ0) is 18.3. The number of hydrogen-bond acceptors (Lipinski definition) is 4. The molecule has 3 N–H and O–H groups in total. The molecule has 0 atom stereocenters. The first-order valence-electron chi connectivity index (χ1n) is 8.86. The van der Waals surface area contributed by atoms with Crippen molar-refractivity contribution < 1.29 is 14.6 Å². The lowest BCUT2D eigenvalue weighted by Gasteiger charge is -2.17. The van der Waals surface area contributed by atoms with Gasteiger partial charge in [-0.1, -0.05) is 0 Å². The van der Waals surface area contributed by atoms with Gasteiger partial charge < -0.3 is 20.3 Å². The van der Waals surface area contributed by atoms with Crippen LogP contribution in [-0.2, 0) is 13.0 Å². The van der Waals surface area contributed by atoms with Gasteiger partial charge in [0.05, 0.1) is 19.8 Å². The molecule has 0 aromatic heterocycles. The van der Waals surface area contributed by atoms with Crippen LogP contribution in [0.4, 0.5) is 0 Å². The van der Waals surface area contributed by atoms with Crippen molar-refractivity contribution in [2.75, 3.05) is 19.8 Å². The molecule has 4 heteroatoms. The van der Waals surface area contributed by atoms with Crippen LogP contribution in [0.25, 0.3) is 0 Å². The molecular formula is C21H29NO3. The third-order valence-corrected chi connectivity index (χ3v) is 3.75. The smallest absolute Gasteiger partial charge is 0.126 e. The van der Waals surface area contributed by atoms with Gasteiger partial charge in [0.25, 0.3) is 0 Å². The first kappa shape index (κ1) is 20.9. The first-order valence-corrected chi connectivity index (χ1v) is 8.86. The van der Waals surface area contributed by atoms with Crippen LogP contribution < -0.4 is 15.2 Å². The molecule has 0 aliphatic carbocycles. The molecule has 0 unspecified atom stereocenters. The van der Waals surface area contributed by atoms with Gasteiger partial charge in [-0.3, -0.25) is 0 Å². The maximum absolute atomic E-state index is 9.51. The highest BCUT2D eigenvalue weighted by atomic mass is 16.5. The molecular weight excluding hydrogens is 314 g/mol. The van der Waals surface area contributed by atoms with Gasteiger partial charge in [0.2, 0.25) is 0 Å². The van der Waals surface area contributed by atoms with E-state index in [-0.39, 0.29) is 6.61 Å². The topological polar surface area (TPSA) is 64.7 Å². The number of rotatable bonds is 13. The summed E-state index contributed by atoms with van der Waals surface area (Å²) in [5.74, 6) is 6.72. The van der Waals surface area contributed by atoms with Crippen molar-refractivity contribution in [3.05, 3.63) is 23.3 Å². The molecule has 0 heterocycles. The van der Waals surface area contributed by atoms with Gasteiger partial charge in [-0.25, -0.2) is 0 Å². The summed E-state index contributed by atoms with van der Waals surface area (Å²) >= 11 is 0. The molecule has 25 heavy (non-hydrogen) atoms. The molecule has 0 amide bonds. The van der Waals surface area contributed by atoms with Crippen LogP contribution in [0.3, 0.4) is 0 Å². The fourth-order valence-corrected chi connectivity index (χ4v) is 2.44. The summed E-state index contributed by atoms with van der Waals surface area (Å²) in [4.78, 5) is 0. The number of aliphatic hydroxyl groups is 1. The largest absolute Gasteiger partial charge is 0.493 e. The van der Waals surface area contributed by atoms with Crippen LogP contribution in [0.15, 0.2) is 12.1 Å². The fraction of sp³-hybridized carbons (Fsp3) is 0.524. The van der Waals surface area contributed by atoms with Crippen LogP contribution in [0.5, 0.6) is 11.5 Å². The molecule has 0 radical (unpaired) electrons. The Morgan fingerprint density at radius 3 is 1.84 bits per heavy atom. The molecule has 1 rings (SSSR count). The molecule has 4 nitrogen and oxygen atoms in total. The van der Waals surface area contributed by atoms with E-state index < -0.39 is 0 Å². The highest BCUT2D eigenvalue weighted by molar-refractivity contribution is 5.48. The maximum Gasteiger partial charge on any atom is 0.126 e. The van der Waals surface area contributed by atoms with Crippen molar-refractivity contribution in [1.82, 2.24) is 0 Å². The molecule has 0 saturated carbocycles. The lowest BCUT2D eigenvalue weighted by Crippen LogP contribution is -2.10. The van der Waals surface area contributed by atoms with Crippen LogP contribution in [0.1, 0.15) is 49.7 Å². The molecule has 136 valence electrons. The van der Waals surface area contributed by atoms with E-state index in [1.807, 2.05) is 12.1 Å². The van der Waals surface area contributed by atoms with Gasteiger partial charge in [0.15, 0.2) is 0 Å². The SMILES string of the molecule is C#CCCCCOc1cc(CO)cc(OCCCCC#C)c1CCN. The highest BCUT2D eigenvalue weighted by Crippen LogP contribution is 2.32.